The minimum atomic E-state index is 0. The summed E-state index contributed by atoms with van der Waals surface area (Å²) in [5, 5.41) is 0.695. The maximum absolute atomic E-state index is 6.21. The van der Waals surface area contributed by atoms with Crippen molar-refractivity contribution in [1.82, 2.24) is 4.90 Å². The Kier molecular flexibility index (Phi) is 6.59. The second-order valence-corrected chi connectivity index (χ2v) is 6.04. The highest BCUT2D eigenvalue weighted by atomic mass is 35.5. The molecule has 0 aromatic heterocycles. The fourth-order valence-electron chi connectivity index (χ4n) is 2.65. The zero-order valence-electron chi connectivity index (χ0n) is 12.2. The molecule has 1 saturated heterocycles. The van der Waals surface area contributed by atoms with Crippen molar-refractivity contribution in [2.75, 3.05) is 26.2 Å². The van der Waals surface area contributed by atoms with E-state index in [1.54, 1.807) is 0 Å². The zero-order valence-corrected chi connectivity index (χ0v) is 13.8. The first-order valence-corrected chi connectivity index (χ1v) is 7.28. The molecule has 3 nitrogen and oxygen atoms in total. The van der Waals surface area contributed by atoms with Crippen LogP contribution in [0.2, 0.25) is 5.02 Å². The second kappa shape index (κ2) is 7.51. The third kappa shape index (κ3) is 4.01. The molecule has 1 aliphatic heterocycles. The minimum Gasteiger partial charge on any atom is -0.492 e. The highest BCUT2D eigenvalue weighted by Gasteiger charge is 2.32. The molecule has 114 valence electrons. The number of nitrogens with two attached hydrogens (primary N) is 1. The molecule has 0 aliphatic carbocycles. The molecule has 1 heterocycles. The van der Waals surface area contributed by atoms with Gasteiger partial charge < -0.3 is 10.5 Å². The van der Waals surface area contributed by atoms with Crippen molar-refractivity contribution in [2.24, 2.45) is 11.1 Å². The summed E-state index contributed by atoms with van der Waals surface area (Å²) in [5.41, 5.74) is 7.27. The van der Waals surface area contributed by atoms with Crippen molar-refractivity contribution < 1.29 is 4.74 Å². The predicted molar refractivity (Wildman–Crippen MR) is 86.9 cm³/mol. The van der Waals surface area contributed by atoms with E-state index < -0.39 is 0 Å². The van der Waals surface area contributed by atoms with E-state index in [9.17, 15) is 0 Å². The molecule has 5 heteroatoms. The number of hydrogen-bond donors (Lipinski definition) is 1. The summed E-state index contributed by atoms with van der Waals surface area (Å²) in [6.45, 7) is 8.64. The fourth-order valence-corrected chi connectivity index (χ4v) is 2.90. The van der Waals surface area contributed by atoms with Crippen molar-refractivity contribution in [3.8, 4) is 5.75 Å². The summed E-state index contributed by atoms with van der Waals surface area (Å²) in [6.07, 6.45) is 1.16. The van der Waals surface area contributed by atoms with Gasteiger partial charge in [-0.05, 0) is 37.9 Å². The van der Waals surface area contributed by atoms with Crippen molar-refractivity contribution in [3.05, 3.63) is 28.8 Å². The number of ether oxygens (including phenoxy) is 1. The zero-order chi connectivity index (χ0) is 13.9. The summed E-state index contributed by atoms with van der Waals surface area (Å²) in [7, 11) is 0. The van der Waals surface area contributed by atoms with Gasteiger partial charge in [0.2, 0.25) is 0 Å². The van der Waals surface area contributed by atoms with Crippen molar-refractivity contribution in [3.63, 3.8) is 0 Å². The van der Waals surface area contributed by atoms with Crippen LogP contribution in [0, 0.1) is 5.41 Å². The lowest BCUT2D eigenvalue weighted by Gasteiger charge is -2.23. The summed E-state index contributed by atoms with van der Waals surface area (Å²) >= 11 is 6.21. The van der Waals surface area contributed by atoms with Crippen LogP contribution in [-0.2, 0) is 6.54 Å². The molecular weight excluding hydrogens is 295 g/mol. The Labute approximate surface area is 132 Å². The maximum Gasteiger partial charge on any atom is 0.142 e. The van der Waals surface area contributed by atoms with Crippen molar-refractivity contribution in [2.45, 2.75) is 26.8 Å². The van der Waals surface area contributed by atoms with Crippen molar-refractivity contribution >= 4 is 24.0 Å². The number of likely N-dealkylation sites (tertiary alicyclic amines) is 1. The van der Waals surface area contributed by atoms with Gasteiger partial charge in [-0.2, -0.15) is 0 Å². The van der Waals surface area contributed by atoms with E-state index in [1.165, 1.54) is 0 Å². The van der Waals surface area contributed by atoms with Gasteiger partial charge in [-0.3, -0.25) is 4.90 Å². The number of nitrogens with zero attached hydrogens (tertiary/aromatic N) is 1. The van der Waals surface area contributed by atoms with Crippen LogP contribution in [0.15, 0.2) is 18.2 Å². The van der Waals surface area contributed by atoms with Gasteiger partial charge in [-0.15, -0.1) is 12.4 Å². The molecular formula is C15H24Cl2N2O. The van der Waals surface area contributed by atoms with Gasteiger partial charge in [-0.25, -0.2) is 0 Å². The molecule has 2 rings (SSSR count). The molecule has 1 aromatic carbocycles. The highest BCUT2D eigenvalue weighted by molar-refractivity contribution is 6.32. The lowest BCUT2D eigenvalue weighted by atomic mass is 9.90. The van der Waals surface area contributed by atoms with Gasteiger partial charge in [0.05, 0.1) is 11.6 Å². The van der Waals surface area contributed by atoms with Gasteiger partial charge in [-0.1, -0.05) is 30.7 Å². The predicted octanol–water partition coefficient (Wildman–Crippen LogP) is 3.33. The van der Waals surface area contributed by atoms with Gasteiger partial charge in [0.15, 0.2) is 0 Å². The lowest BCUT2D eigenvalue weighted by Crippen LogP contribution is -2.31. The Morgan fingerprint density at radius 3 is 2.80 bits per heavy atom. The van der Waals surface area contributed by atoms with Crippen LogP contribution >= 0.6 is 24.0 Å². The summed E-state index contributed by atoms with van der Waals surface area (Å²) in [4.78, 5) is 2.43. The van der Waals surface area contributed by atoms with E-state index >= 15 is 0 Å². The van der Waals surface area contributed by atoms with Gasteiger partial charge >= 0.3 is 0 Å². The van der Waals surface area contributed by atoms with E-state index in [2.05, 4.69) is 17.9 Å². The Morgan fingerprint density at radius 1 is 1.45 bits per heavy atom. The van der Waals surface area contributed by atoms with Crippen LogP contribution in [0.25, 0.3) is 0 Å². The fraction of sp³-hybridized carbons (Fsp3) is 0.600. The largest absolute Gasteiger partial charge is 0.492 e. The smallest absolute Gasteiger partial charge is 0.142 e. The summed E-state index contributed by atoms with van der Waals surface area (Å²) in [5.74, 6) is 0.827. The molecule has 20 heavy (non-hydrogen) atoms. The Balaban J connectivity index is 0.00000200. The number of para-hydroxylation sites is 1. The highest BCUT2D eigenvalue weighted by Crippen LogP contribution is 2.33. The monoisotopic (exact) mass is 318 g/mol. The first kappa shape index (κ1) is 17.6. The molecule has 2 N–H and O–H groups in total. The number of hydrogen-bond acceptors (Lipinski definition) is 3. The van der Waals surface area contributed by atoms with E-state index in [1.807, 2.05) is 19.1 Å². The van der Waals surface area contributed by atoms with Gasteiger partial charge in [0, 0.05) is 18.7 Å². The molecule has 1 aliphatic rings. The van der Waals surface area contributed by atoms with Crippen molar-refractivity contribution in [1.29, 1.82) is 0 Å². The molecule has 1 unspecified atom stereocenters. The normalized spacial score (nSPS) is 22.6. The molecule has 0 spiro atoms. The lowest BCUT2D eigenvalue weighted by molar-refractivity contribution is 0.267. The van der Waals surface area contributed by atoms with Crippen LogP contribution in [0.4, 0.5) is 0 Å². The Morgan fingerprint density at radius 2 is 2.20 bits per heavy atom. The SMILES string of the molecule is CCOc1c(Cl)cccc1CN1CCC(C)(CN)C1.Cl. The van der Waals surface area contributed by atoms with Crippen LogP contribution < -0.4 is 10.5 Å². The maximum atomic E-state index is 6.21. The summed E-state index contributed by atoms with van der Waals surface area (Å²) in [6, 6.07) is 5.96. The first-order chi connectivity index (χ1) is 9.08. The molecule has 1 atom stereocenters. The van der Waals surface area contributed by atoms with E-state index in [0.29, 0.717) is 11.6 Å². The average Bonchev–Trinajstić information content (AvgIpc) is 2.76. The van der Waals surface area contributed by atoms with Gasteiger partial charge in [0.25, 0.3) is 0 Å². The van der Waals surface area contributed by atoms with Gasteiger partial charge in [0.1, 0.15) is 5.75 Å². The molecule has 0 radical (unpaired) electrons. The van der Waals surface area contributed by atoms with Crippen LogP contribution in [0.3, 0.4) is 0 Å². The Bertz CT molecular complexity index is 442. The third-order valence-electron chi connectivity index (χ3n) is 3.86. The minimum absolute atomic E-state index is 0. The quantitative estimate of drug-likeness (QED) is 0.905. The number of rotatable bonds is 5. The van der Waals surface area contributed by atoms with E-state index in [0.717, 1.165) is 43.9 Å². The topological polar surface area (TPSA) is 38.5 Å². The molecule has 1 fully saturated rings. The molecule has 0 bridgehead atoms. The van der Waals surface area contributed by atoms with E-state index in [4.69, 9.17) is 22.1 Å². The molecule has 0 amide bonds. The summed E-state index contributed by atoms with van der Waals surface area (Å²) < 4.78 is 5.67. The van der Waals surface area contributed by atoms with Crippen LogP contribution in [-0.4, -0.2) is 31.1 Å². The molecule has 0 saturated carbocycles. The van der Waals surface area contributed by atoms with E-state index in [-0.39, 0.29) is 17.8 Å². The average molecular weight is 319 g/mol. The molecule has 1 aromatic rings. The van der Waals surface area contributed by atoms with Crippen LogP contribution in [0.5, 0.6) is 5.75 Å². The Hall–Kier alpha value is -0.480. The second-order valence-electron chi connectivity index (χ2n) is 5.64. The third-order valence-corrected chi connectivity index (χ3v) is 4.16. The first-order valence-electron chi connectivity index (χ1n) is 6.90. The number of halogens is 2. The number of benzene rings is 1. The standard InChI is InChI=1S/C15H23ClN2O.ClH/c1-3-19-14-12(5-4-6-13(14)16)9-18-8-7-15(2,10-17)11-18;/h4-6H,3,7-11,17H2,1-2H3;1H. The van der Waals surface area contributed by atoms with Crippen LogP contribution in [0.1, 0.15) is 25.8 Å².